The Labute approximate surface area is 186 Å². The van der Waals surface area contributed by atoms with Gasteiger partial charge in [-0.25, -0.2) is 12.2 Å². The van der Waals surface area contributed by atoms with Crippen LogP contribution >= 0.6 is 9.24 Å². The second-order valence-corrected chi connectivity index (χ2v) is 12.5. The molecule has 0 nitrogen and oxygen atoms in total. The fourth-order valence-electron chi connectivity index (χ4n) is 1.72. The summed E-state index contributed by atoms with van der Waals surface area (Å²) in [5.41, 5.74) is 0. The number of hydrogen-bond donors (Lipinski definition) is 0. The molecule has 0 fully saturated rings. The summed E-state index contributed by atoms with van der Waals surface area (Å²) < 4.78 is 0. The van der Waals surface area contributed by atoms with Crippen molar-refractivity contribution in [3.63, 3.8) is 0 Å². The van der Waals surface area contributed by atoms with E-state index in [0.29, 0.717) is 5.16 Å². The maximum absolute atomic E-state index is 2.99. The second kappa shape index (κ2) is 15.9. The van der Waals surface area contributed by atoms with E-state index in [4.69, 9.17) is 0 Å². The van der Waals surface area contributed by atoms with E-state index >= 15 is 0 Å². The summed E-state index contributed by atoms with van der Waals surface area (Å²) in [6.07, 6.45) is 9.46. The van der Waals surface area contributed by atoms with Crippen LogP contribution < -0.4 is 35.2 Å². The third-order valence-electron chi connectivity index (χ3n) is 2.71. The Kier molecular flexibility index (Phi) is 17.1. The Morgan fingerprint density at radius 3 is 1.50 bits per heavy atom. The van der Waals surface area contributed by atoms with Crippen molar-refractivity contribution >= 4 is 25.8 Å². The van der Waals surface area contributed by atoms with Crippen molar-refractivity contribution in [1.82, 2.24) is 0 Å². The Hall–Kier alpha value is -0.139. The van der Waals surface area contributed by atoms with Crippen LogP contribution in [0, 0.1) is 6.08 Å². The van der Waals surface area contributed by atoms with E-state index in [0.717, 1.165) is 6.42 Å². The molecule has 1 atom stereocenters. The quantitative estimate of drug-likeness (QED) is 0.288. The molecule has 0 saturated heterocycles. The molecule has 1 aliphatic carbocycles. The first-order valence-electron chi connectivity index (χ1n) is 8.08. The van der Waals surface area contributed by atoms with Crippen LogP contribution in [0.5, 0.6) is 0 Å². The fraction of sp³-hybridized carbons (Fsp3) is 0.238. The van der Waals surface area contributed by atoms with Crippen molar-refractivity contribution in [2.75, 3.05) is 0 Å². The summed E-state index contributed by atoms with van der Waals surface area (Å²) in [7, 11) is 2.72. The van der Waals surface area contributed by atoms with Gasteiger partial charge in [-0.1, -0.05) is 20.8 Å². The first-order chi connectivity index (χ1) is 11.4. The summed E-state index contributed by atoms with van der Waals surface area (Å²) in [6, 6.07) is 21.5. The molecule has 2 aromatic carbocycles. The predicted molar refractivity (Wildman–Crippen MR) is 109 cm³/mol. The Morgan fingerprint density at radius 1 is 0.885 bits per heavy atom. The van der Waals surface area contributed by atoms with E-state index in [1.54, 1.807) is 0 Å². The van der Waals surface area contributed by atoms with Gasteiger partial charge in [0.2, 0.25) is 0 Å². The van der Waals surface area contributed by atoms with Gasteiger partial charge in [-0.15, -0.1) is 15.7 Å². The fourth-order valence-corrected chi connectivity index (χ4v) is 4.66. The molecule has 0 N–H and O–H groups in total. The molecule has 0 spiro atoms. The number of halogens is 2. The number of benzene rings is 2. The van der Waals surface area contributed by atoms with E-state index in [9.17, 15) is 0 Å². The Morgan fingerprint density at radius 2 is 1.27 bits per heavy atom. The van der Waals surface area contributed by atoms with Gasteiger partial charge >= 0.3 is 96.4 Å². The molecule has 0 heterocycles. The molecule has 0 aromatic heterocycles. The average molecular weight is 456 g/mol. The van der Waals surface area contributed by atoms with Gasteiger partial charge in [0.15, 0.2) is 0 Å². The van der Waals surface area contributed by atoms with Crippen LogP contribution in [0.2, 0.25) is 0 Å². The molecule has 1 aliphatic rings. The molecule has 5 heteroatoms. The summed E-state index contributed by atoms with van der Waals surface area (Å²) in [4.78, 5) is 0. The van der Waals surface area contributed by atoms with Crippen molar-refractivity contribution in [3.8, 4) is 0 Å². The third kappa shape index (κ3) is 15.0. The predicted octanol–water partition coefficient (Wildman–Crippen LogP) is -1.69. The standard InChI is InChI=1S/C12H10Si.C5H5.C4H11P.2ClH.Ti/c1-3-7-11(8-4-1)13-12-9-5-2-6-10-12;1-2-4-5-3-1;1-4(2,3)5;;;/h1-10H;1-3H,4H2;5H2,1-3H3;2*1H;/q;-1;;;;+2/p-2. The van der Waals surface area contributed by atoms with Crippen molar-refractivity contribution in [2.45, 2.75) is 32.3 Å². The number of hydrogen-bond acceptors (Lipinski definition) is 0. The van der Waals surface area contributed by atoms with Crippen LogP contribution in [0.1, 0.15) is 27.2 Å². The zero-order chi connectivity index (χ0) is 17.8. The van der Waals surface area contributed by atoms with Gasteiger partial charge in [-0.3, -0.25) is 6.08 Å². The molecule has 26 heavy (non-hydrogen) atoms. The van der Waals surface area contributed by atoms with E-state index in [1.807, 2.05) is 12.2 Å². The molecule has 0 radical (unpaired) electrons. The third-order valence-corrected chi connectivity index (χ3v) is 7.24. The molecule has 0 saturated carbocycles. The van der Waals surface area contributed by atoms with Crippen LogP contribution in [0.3, 0.4) is 0 Å². The van der Waals surface area contributed by atoms with Crippen LogP contribution in [-0.2, 0) is 19.2 Å². The topological polar surface area (TPSA) is 0 Å². The normalized spacial score (nSPS) is 11.0. The summed E-state index contributed by atoms with van der Waals surface area (Å²) in [5.74, 6) is 0. The molecule has 0 amide bonds. The molecule has 138 valence electrons. The first kappa shape index (κ1) is 28.1. The number of rotatable bonds is 2. The summed E-state index contributed by atoms with van der Waals surface area (Å²) >= 11 is 2.34. The van der Waals surface area contributed by atoms with Crippen molar-refractivity contribution in [2.24, 2.45) is 0 Å². The van der Waals surface area contributed by atoms with Gasteiger partial charge in [0.1, 0.15) is 0 Å². The summed E-state index contributed by atoms with van der Waals surface area (Å²) in [5, 5.41) is 3.37. The van der Waals surface area contributed by atoms with Crippen LogP contribution in [0.4, 0.5) is 0 Å². The van der Waals surface area contributed by atoms with Gasteiger partial charge in [0.25, 0.3) is 0 Å². The molecular weight excluding hydrogens is 430 g/mol. The van der Waals surface area contributed by atoms with Gasteiger partial charge in [0, 0.05) is 0 Å². The SMILES string of the molecule is CC(C)(C)P.[C-]1=CC=CC1.[Cl-].[Cl-].[Ti+2]=[Si](c1ccccc1)c1ccccc1. The molecule has 1 unspecified atom stereocenters. The van der Waals surface area contributed by atoms with Gasteiger partial charge < -0.3 is 24.8 Å². The van der Waals surface area contributed by atoms with Crippen molar-refractivity contribution < 1.29 is 44.0 Å². The maximum atomic E-state index is 2.99. The van der Waals surface area contributed by atoms with E-state index in [-0.39, 0.29) is 24.8 Å². The second-order valence-electron chi connectivity index (χ2n) is 6.48. The number of allylic oxidation sites excluding steroid dienone is 4. The monoisotopic (exact) mass is 455 g/mol. The average Bonchev–Trinajstić information content (AvgIpc) is 3.14. The van der Waals surface area contributed by atoms with Crippen molar-refractivity contribution in [3.05, 3.63) is 85.0 Å². The minimum atomic E-state index is -0.545. The zero-order valence-electron chi connectivity index (χ0n) is 15.5. The summed E-state index contributed by atoms with van der Waals surface area (Å²) in [6.45, 7) is 6.45. The molecular formula is C21H26Cl2PSiTi-. The van der Waals surface area contributed by atoms with E-state index in [2.05, 4.69) is 122 Å². The minimum absolute atomic E-state index is 0. The molecule has 0 bridgehead atoms. The van der Waals surface area contributed by atoms with Crippen LogP contribution in [-0.4, -0.2) is 11.3 Å². The van der Waals surface area contributed by atoms with Gasteiger partial charge in [-0.05, 0) is 5.16 Å². The first-order valence-corrected chi connectivity index (χ1v) is 12.5. The van der Waals surface area contributed by atoms with Gasteiger partial charge in [0.05, 0.1) is 0 Å². The Bertz CT molecular complexity index is 608. The Balaban J connectivity index is 0. The van der Waals surface area contributed by atoms with E-state index in [1.165, 1.54) is 10.4 Å². The van der Waals surface area contributed by atoms with Crippen LogP contribution in [0.15, 0.2) is 78.9 Å². The molecule has 0 aliphatic heterocycles. The molecule has 3 rings (SSSR count). The van der Waals surface area contributed by atoms with Crippen LogP contribution in [0.25, 0.3) is 0 Å². The van der Waals surface area contributed by atoms with E-state index < -0.39 is 6.19 Å². The molecule has 2 aromatic rings. The van der Waals surface area contributed by atoms with Gasteiger partial charge in [-0.2, -0.15) is 6.08 Å². The van der Waals surface area contributed by atoms with Crippen molar-refractivity contribution in [1.29, 1.82) is 0 Å². The zero-order valence-corrected chi connectivity index (χ0v) is 20.8.